The fraction of sp³-hybridized carbons (Fsp3) is 0.455. The molecule has 0 saturated carbocycles. The van der Waals surface area contributed by atoms with Gasteiger partial charge in [0.05, 0.1) is 21.3 Å². The third-order valence-corrected chi connectivity index (χ3v) is 2.23. The summed E-state index contributed by atoms with van der Waals surface area (Å²) in [6.07, 6.45) is 0. The molecule has 0 saturated heterocycles. The topological polar surface area (TPSA) is 53.7 Å². The molecule has 0 fully saturated rings. The summed E-state index contributed by atoms with van der Waals surface area (Å²) >= 11 is 0. The summed E-state index contributed by atoms with van der Waals surface area (Å²) in [5, 5.41) is 0. The highest BCUT2D eigenvalue weighted by molar-refractivity contribution is 5.85. The van der Waals surface area contributed by atoms with Crippen LogP contribution < -0.4 is 19.9 Å². The first-order valence-corrected chi connectivity index (χ1v) is 4.70. The van der Waals surface area contributed by atoms with Gasteiger partial charge in [0, 0.05) is 11.6 Å². The van der Waals surface area contributed by atoms with Gasteiger partial charge in [-0.2, -0.15) is 0 Å². The molecule has 5 heteroatoms. The molecule has 1 unspecified atom stereocenters. The van der Waals surface area contributed by atoms with Gasteiger partial charge in [0.15, 0.2) is 11.5 Å². The van der Waals surface area contributed by atoms with E-state index in [-0.39, 0.29) is 18.4 Å². The molecule has 1 rings (SSSR count). The molecule has 1 aromatic carbocycles. The number of nitrogens with two attached hydrogens (primary N) is 1. The summed E-state index contributed by atoms with van der Waals surface area (Å²) in [5.41, 5.74) is 6.73. The second-order valence-electron chi connectivity index (χ2n) is 3.21. The lowest BCUT2D eigenvalue weighted by atomic mass is 10.1. The Labute approximate surface area is 102 Å². The Morgan fingerprint density at radius 2 is 1.56 bits per heavy atom. The van der Waals surface area contributed by atoms with Crippen LogP contribution in [0.25, 0.3) is 0 Å². The minimum absolute atomic E-state index is 0. The van der Waals surface area contributed by atoms with Crippen molar-refractivity contribution < 1.29 is 14.2 Å². The monoisotopic (exact) mass is 247 g/mol. The van der Waals surface area contributed by atoms with E-state index in [1.807, 2.05) is 19.1 Å². The van der Waals surface area contributed by atoms with E-state index in [9.17, 15) is 0 Å². The van der Waals surface area contributed by atoms with Gasteiger partial charge in [-0.15, -0.1) is 12.4 Å². The second kappa shape index (κ2) is 6.45. The lowest BCUT2D eigenvalue weighted by Crippen LogP contribution is -2.08. The minimum atomic E-state index is -0.111. The fourth-order valence-corrected chi connectivity index (χ4v) is 1.48. The van der Waals surface area contributed by atoms with Crippen LogP contribution in [0.3, 0.4) is 0 Å². The van der Waals surface area contributed by atoms with E-state index >= 15 is 0 Å². The lowest BCUT2D eigenvalue weighted by Gasteiger charge is -2.17. The summed E-state index contributed by atoms with van der Waals surface area (Å²) in [4.78, 5) is 0. The molecule has 92 valence electrons. The van der Waals surface area contributed by atoms with Gasteiger partial charge in [-0.25, -0.2) is 0 Å². The van der Waals surface area contributed by atoms with Gasteiger partial charge in [-0.3, -0.25) is 0 Å². The molecule has 0 aromatic heterocycles. The van der Waals surface area contributed by atoms with Crippen LogP contribution >= 0.6 is 12.4 Å². The highest BCUT2D eigenvalue weighted by atomic mass is 35.5. The third-order valence-electron chi connectivity index (χ3n) is 2.23. The number of benzene rings is 1. The van der Waals surface area contributed by atoms with E-state index in [0.717, 1.165) is 5.56 Å². The summed E-state index contributed by atoms with van der Waals surface area (Å²) < 4.78 is 15.7. The second-order valence-corrected chi connectivity index (χ2v) is 3.21. The Morgan fingerprint density at radius 1 is 1.00 bits per heavy atom. The molecular formula is C11H18ClNO3. The van der Waals surface area contributed by atoms with Crippen molar-refractivity contribution in [2.24, 2.45) is 5.73 Å². The number of hydrogen-bond acceptors (Lipinski definition) is 4. The average Bonchev–Trinajstić information content (AvgIpc) is 2.26. The third kappa shape index (κ3) is 2.71. The predicted octanol–water partition coefficient (Wildman–Crippen LogP) is 2.15. The molecule has 0 radical (unpaired) electrons. The number of hydrogen-bond donors (Lipinski definition) is 1. The summed E-state index contributed by atoms with van der Waals surface area (Å²) in [5.74, 6) is 1.85. The molecule has 16 heavy (non-hydrogen) atoms. The average molecular weight is 248 g/mol. The van der Waals surface area contributed by atoms with Crippen LogP contribution in [0.1, 0.15) is 18.5 Å². The standard InChI is InChI=1S/C11H17NO3.ClH/c1-7(12)8-5-6-9(13-2)11(15-4)10(8)14-3;/h5-7H,12H2,1-4H3;1H. The van der Waals surface area contributed by atoms with Crippen LogP contribution in [0.2, 0.25) is 0 Å². The van der Waals surface area contributed by atoms with Crippen molar-refractivity contribution in [1.82, 2.24) is 0 Å². The molecule has 0 amide bonds. The SMILES string of the molecule is COc1ccc(C(C)N)c(OC)c1OC.Cl. The van der Waals surface area contributed by atoms with Crippen molar-refractivity contribution in [3.8, 4) is 17.2 Å². The minimum Gasteiger partial charge on any atom is -0.493 e. The molecule has 1 aromatic rings. The van der Waals surface area contributed by atoms with Crippen LogP contribution in [0.4, 0.5) is 0 Å². The van der Waals surface area contributed by atoms with Crippen LogP contribution in [0.15, 0.2) is 12.1 Å². The van der Waals surface area contributed by atoms with Crippen LogP contribution in [-0.4, -0.2) is 21.3 Å². The number of ether oxygens (including phenoxy) is 3. The van der Waals surface area contributed by atoms with E-state index in [0.29, 0.717) is 17.2 Å². The summed E-state index contributed by atoms with van der Waals surface area (Å²) in [7, 11) is 4.75. The molecule has 0 aliphatic heterocycles. The van der Waals surface area contributed by atoms with E-state index in [4.69, 9.17) is 19.9 Å². The Balaban J connectivity index is 0.00000225. The summed E-state index contributed by atoms with van der Waals surface area (Å²) in [6, 6.07) is 3.59. The number of rotatable bonds is 4. The molecular weight excluding hydrogens is 230 g/mol. The maximum Gasteiger partial charge on any atom is 0.203 e. The number of halogens is 1. The summed E-state index contributed by atoms with van der Waals surface area (Å²) in [6.45, 7) is 1.89. The van der Waals surface area contributed by atoms with E-state index in [1.54, 1.807) is 21.3 Å². The predicted molar refractivity (Wildman–Crippen MR) is 65.9 cm³/mol. The van der Waals surface area contributed by atoms with Crippen molar-refractivity contribution >= 4 is 12.4 Å². The van der Waals surface area contributed by atoms with Gasteiger partial charge in [-0.1, -0.05) is 0 Å². The molecule has 0 heterocycles. The molecule has 0 spiro atoms. The van der Waals surface area contributed by atoms with E-state index in [1.165, 1.54) is 0 Å². The highest BCUT2D eigenvalue weighted by Crippen LogP contribution is 2.41. The van der Waals surface area contributed by atoms with Crippen molar-refractivity contribution in [3.63, 3.8) is 0 Å². The normalized spacial score (nSPS) is 11.3. The zero-order valence-corrected chi connectivity index (χ0v) is 10.8. The maximum atomic E-state index is 5.83. The molecule has 0 aliphatic carbocycles. The quantitative estimate of drug-likeness (QED) is 0.886. The Bertz CT molecular complexity index is 342. The Kier molecular flexibility index (Phi) is 6.00. The highest BCUT2D eigenvalue weighted by Gasteiger charge is 2.17. The van der Waals surface area contributed by atoms with Gasteiger partial charge in [0.1, 0.15) is 0 Å². The van der Waals surface area contributed by atoms with Gasteiger partial charge in [0.25, 0.3) is 0 Å². The van der Waals surface area contributed by atoms with Crippen molar-refractivity contribution in [2.75, 3.05) is 21.3 Å². The van der Waals surface area contributed by atoms with Gasteiger partial charge in [-0.05, 0) is 19.1 Å². The van der Waals surface area contributed by atoms with Crippen LogP contribution in [0.5, 0.6) is 17.2 Å². The first kappa shape index (κ1) is 14.9. The Hall–Kier alpha value is -1.13. The van der Waals surface area contributed by atoms with Crippen molar-refractivity contribution in [2.45, 2.75) is 13.0 Å². The number of methoxy groups -OCH3 is 3. The van der Waals surface area contributed by atoms with Crippen molar-refractivity contribution in [3.05, 3.63) is 17.7 Å². The van der Waals surface area contributed by atoms with Crippen LogP contribution in [-0.2, 0) is 0 Å². The van der Waals surface area contributed by atoms with Gasteiger partial charge < -0.3 is 19.9 Å². The zero-order chi connectivity index (χ0) is 11.4. The van der Waals surface area contributed by atoms with Gasteiger partial charge >= 0.3 is 0 Å². The maximum absolute atomic E-state index is 5.83. The largest absolute Gasteiger partial charge is 0.493 e. The first-order valence-electron chi connectivity index (χ1n) is 4.70. The fourth-order valence-electron chi connectivity index (χ4n) is 1.48. The Morgan fingerprint density at radius 3 is 1.94 bits per heavy atom. The molecule has 2 N–H and O–H groups in total. The van der Waals surface area contributed by atoms with E-state index in [2.05, 4.69) is 0 Å². The van der Waals surface area contributed by atoms with Crippen molar-refractivity contribution in [1.29, 1.82) is 0 Å². The molecule has 0 aliphatic rings. The van der Waals surface area contributed by atoms with E-state index < -0.39 is 0 Å². The molecule has 0 bridgehead atoms. The van der Waals surface area contributed by atoms with Gasteiger partial charge in [0.2, 0.25) is 5.75 Å². The molecule has 4 nitrogen and oxygen atoms in total. The van der Waals surface area contributed by atoms with Crippen LogP contribution in [0, 0.1) is 0 Å². The molecule has 1 atom stereocenters. The zero-order valence-electron chi connectivity index (χ0n) is 9.94. The lowest BCUT2D eigenvalue weighted by molar-refractivity contribution is 0.321. The first-order chi connectivity index (χ1) is 7.15. The smallest absolute Gasteiger partial charge is 0.203 e.